The maximum atomic E-state index is 11.9. The first kappa shape index (κ1) is 15.2. The van der Waals surface area contributed by atoms with E-state index in [1.165, 1.54) is 4.90 Å². The lowest BCUT2D eigenvalue weighted by Crippen LogP contribution is -2.22. The molecule has 0 unspecified atom stereocenters. The van der Waals surface area contributed by atoms with Crippen LogP contribution in [0.4, 0.5) is 4.79 Å². The number of hydrogen-bond donors (Lipinski definition) is 0. The lowest BCUT2D eigenvalue weighted by Gasteiger charge is -2.12. The van der Waals surface area contributed by atoms with E-state index in [1.807, 2.05) is 54.6 Å². The van der Waals surface area contributed by atoms with Crippen LogP contribution in [0.25, 0.3) is 6.08 Å². The zero-order chi connectivity index (χ0) is 16.1. The van der Waals surface area contributed by atoms with Gasteiger partial charge in [-0.2, -0.15) is 0 Å². The number of cyclic esters (lactones) is 1. The highest BCUT2D eigenvalue weighted by molar-refractivity contribution is 6.30. The summed E-state index contributed by atoms with van der Waals surface area (Å²) in [6, 6.07) is 17.0. The van der Waals surface area contributed by atoms with Crippen molar-refractivity contribution in [1.82, 2.24) is 4.90 Å². The summed E-state index contributed by atoms with van der Waals surface area (Å²) in [4.78, 5) is 13.4. The third-order valence-corrected chi connectivity index (χ3v) is 3.55. The van der Waals surface area contributed by atoms with Crippen LogP contribution in [0.15, 0.2) is 60.3 Å². The van der Waals surface area contributed by atoms with Gasteiger partial charge in [0.1, 0.15) is 6.61 Å². The lowest BCUT2D eigenvalue weighted by molar-refractivity contribution is 0.165. The molecule has 1 aliphatic heterocycles. The molecule has 1 fully saturated rings. The molecule has 1 heterocycles. The van der Waals surface area contributed by atoms with Crippen molar-refractivity contribution in [3.05, 3.63) is 76.4 Å². The Bertz CT molecular complexity index is 803. The first-order valence-corrected chi connectivity index (χ1v) is 7.59. The third-order valence-electron chi connectivity index (χ3n) is 3.31. The fraction of sp³-hybridized carbons (Fsp3) is 0.105. The van der Waals surface area contributed by atoms with Gasteiger partial charge >= 0.3 is 6.09 Å². The maximum absolute atomic E-state index is 11.9. The Morgan fingerprint density at radius 1 is 1.17 bits per heavy atom. The van der Waals surface area contributed by atoms with Crippen LogP contribution in [-0.4, -0.2) is 24.1 Å². The Morgan fingerprint density at radius 2 is 2.00 bits per heavy atom. The molecule has 0 aliphatic carbocycles. The number of rotatable bonds is 2. The molecular formula is C19H14ClNO2. The number of allylic oxidation sites excluding steroid dienone is 1. The Labute approximate surface area is 140 Å². The zero-order valence-corrected chi connectivity index (χ0v) is 13.1. The monoisotopic (exact) mass is 323 g/mol. The topological polar surface area (TPSA) is 29.5 Å². The minimum atomic E-state index is -0.374. The Kier molecular flexibility index (Phi) is 4.65. The van der Waals surface area contributed by atoms with Gasteiger partial charge in [0.25, 0.3) is 0 Å². The summed E-state index contributed by atoms with van der Waals surface area (Å²) in [6.45, 7) is 0.868. The molecule has 23 heavy (non-hydrogen) atoms. The van der Waals surface area contributed by atoms with Gasteiger partial charge < -0.3 is 4.74 Å². The Balaban J connectivity index is 1.97. The van der Waals surface area contributed by atoms with Gasteiger partial charge in [0.2, 0.25) is 0 Å². The summed E-state index contributed by atoms with van der Waals surface area (Å²) in [5.41, 5.74) is 2.37. The molecule has 114 valence electrons. The summed E-state index contributed by atoms with van der Waals surface area (Å²) in [7, 11) is 0. The zero-order valence-electron chi connectivity index (χ0n) is 12.3. The van der Waals surface area contributed by atoms with E-state index in [9.17, 15) is 4.79 Å². The van der Waals surface area contributed by atoms with E-state index >= 15 is 0 Å². The molecule has 0 atom stereocenters. The predicted octanol–water partition coefficient (Wildman–Crippen LogP) is 4.18. The van der Waals surface area contributed by atoms with Crippen molar-refractivity contribution in [2.24, 2.45) is 0 Å². The molecule has 0 aromatic heterocycles. The minimum absolute atomic E-state index is 0.374. The van der Waals surface area contributed by atoms with E-state index in [4.69, 9.17) is 16.3 Å². The van der Waals surface area contributed by atoms with Crippen molar-refractivity contribution in [2.45, 2.75) is 0 Å². The van der Waals surface area contributed by atoms with Crippen molar-refractivity contribution < 1.29 is 9.53 Å². The number of ether oxygens (including phenoxy) is 1. The SMILES string of the molecule is O=C1OCCN1/C(C#Cc1ccccc1)=C\c1cccc(Cl)c1. The fourth-order valence-electron chi connectivity index (χ4n) is 2.21. The molecule has 1 aliphatic rings. The van der Waals surface area contributed by atoms with E-state index in [-0.39, 0.29) is 6.09 Å². The van der Waals surface area contributed by atoms with Crippen molar-refractivity contribution in [3.8, 4) is 11.8 Å². The second-order valence-corrected chi connectivity index (χ2v) is 5.40. The summed E-state index contributed by atoms with van der Waals surface area (Å²) >= 11 is 6.02. The summed E-state index contributed by atoms with van der Waals surface area (Å²) < 4.78 is 5.01. The van der Waals surface area contributed by atoms with Crippen LogP contribution < -0.4 is 0 Å². The van der Waals surface area contributed by atoms with Gasteiger partial charge in [-0.15, -0.1) is 0 Å². The molecule has 0 spiro atoms. The van der Waals surface area contributed by atoms with Gasteiger partial charge in [0.15, 0.2) is 0 Å². The quantitative estimate of drug-likeness (QED) is 0.776. The molecule has 0 saturated carbocycles. The average molecular weight is 324 g/mol. The average Bonchev–Trinajstić information content (AvgIpc) is 2.98. The molecule has 2 aromatic rings. The molecule has 1 amide bonds. The van der Waals surface area contributed by atoms with Crippen molar-refractivity contribution >= 4 is 23.8 Å². The maximum Gasteiger partial charge on any atom is 0.414 e. The molecule has 1 saturated heterocycles. The van der Waals surface area contributed by atoms with Crippen molar-refractivity contribution in [1.29, 1.82) is 0 Å². The van der Waals surface area contributed by atoms with Crippen LogP contribution >= 0.6 is 11.6 Å². The molecule has 3 nitrogen and oxygen atoms in total. The molecule has 0 radical (unpaired) electrons. The van der Waals surface area contributed by atoms with Crippen LogP contribution in [0.2, 0.25) is 5.02 Å². The standard InChI is InChI=1S/C19H14ClNO2/c20-17-8-4-7-16(13-17)14-18(21-11-12-23-19(21)22)10-9-15-5-2-1-3-6-15/h1-8,13-14H,11-12H2/b18-14-. The van der Waals surface area contributed by atoms with E-state index in [2.05, 4.69) is 11.8 Å². The number of amides is 1. The summed E-state index contributed by atoms with van der Waals surface area (Å²) in [5.74, 6) is 6.15. The normalized spacial score (nSPS) is 14.2. The minimum Gasteiger partial charge on any atom is -0.447 e. The van der Waals surface area contributed by atoms with Gasteiger partial charge in [-0.3, -0.25) is 4.90 Å². The van der Waals surface area contributed by atoms with Gasteiger partial charge in [0, 0.05) is 10.6 Å². The van der Waals surface area contributed by atoms with Crippen molar-refractivity contribution in [3.63, 3.8) is 0 Å². The van der Waals surface area contributed by atoms with Gasteiger partial charge in [-0.05, 0) is 41.8 Å². The number of benzene rings is 2. The molecule has 2 aromatic carbocycles. The van der Waals surface area contributed by atoms with Gasteiger partial charge in [-0.1, -0.05) is 47.9 Å². The number of carbonyl (C=O) groups excluding carboxylic acids is 1. The van der Waals surface area contributed by atoms with Gasteiger partial charge in [-0.25, -0.2) is 4.79 Å². The van der Waals surface area contributed by atoms with E-state index in [0.717, 1.165) is 11.1 Å². The Morgan fingerprint density at radius 3 is 2.70 bits per heavy atom. The first-order chi connectivity index (χ1) is 11.2. The van der Waals surface area contributed by atoms with Crippen LogP contribution in [0.3, 0.4) is 0 Å². The van der Waals surface area contributed by atoms with Crippen molar-refractivity contribution in [2.75, 3.05) is 13.2 Å². The Hall–Kier alpha value is -2.70. The van der Waals surface area contributed by atoms with Crippen LogP contribution in [-0.2, 0) is 4.74 Å². The van der Waals surface area contributed by atoms with Crippen LogP contribution in [0, 0.1) is 11.8 Å². The predicted molar refractivity (Wildman–Crippen MR) is 90.8 cm³/mol. The van der Waals surface area contributed by atoms with Gasteiger partial charge in [0.05, 0.1) is 12.2 Å². The van der Waals surface area contributed by atoms with E-state index in [1.54, 1.807) is 6.07 Å². The second-order valence-electron chi connectivity index (χ2n) is 4.97. The fourth-order valence-corrected chi connectivity index (χ4v) is 2.40. The highest BCUT2D eigenvalue weighted by Gasteiger charge is 2.24. The molecule has 0 bridgehead atoms. The smallest absolute Gasteiger partial charge is 0.414 e. The molecular weight excluding hydrogens is 310 g/mol. The molecule has 4 heteroatoms. The molecule has 0 N–H and O–H groups in total. The van der Waals surface area contributed by atoms with E-state index in [0.29, 0.717) is 23.9 Å². The van der Waals surface area contributed by atoms with E-state index < -0.39 is 0 Å². The first-order valence-electron chi connectivity index (χ1n) is 7.21. The second kappa shape index (κ2) is 7.04. The summed E-state index contributed by atoms with van der Waals surface area (Å²) in [6.07, 6.45) is 1.47. The number of carbonyl (C=O) groups is 1. The number of halogens is 1. The highest BCUT2D eigenvalue weighted by Crippen LogP contribution is 2.18. The molecule has 3 rings (SSSR count). The van der Waals surface area contributed by atoms with Crippen LogP contribution in [0.1, 0.15) is 11.1 Å². The largest absolute Gasteiger partial charge is 0.447 e. The number of nitrogens with zero attached hydrogens (tertiary/aromatic N) is 1. The highest BCUT2D eigenvalue weighted by atomic mass is 35.5. The number of hydrogen-bond acceptors (Lipinski definition) is 2. The lowest BCUT2D eigenvalue weighted by atomic mass is 10.1. The third kappa shape index (κ3) is 3.94. The van der Waals surface area contributed by atoms with Crippen LogP contribution in [0.5, 0.6) is 0 Å². The summed E-state index contributed by atoms with van der Waals surface area (Å²) in [5, 5.41) is 0.637.